The molecule has 1 atom stereocenters. The van der Waals surface area contributed by atoms with Gasteiger partial charge in [-0.2, -0.15) is 0 Å². The van der Waals surface area contributed by atoms with E-state index in [9.17, 15) is 23.2 Å². The van der Waals surface area contributed by atoms with Crippen molar-refractivity contribution in [2.75, 3.05) is 11.9 Å². The molecule has 0 unspecified atom stereocenters. The third-order valence-corrected chi connectivity index (χ3v) is 7.11. The number of fused-ring (bicyclic) bond motifs is 1. The van der Waals surface area contributed by atoms with Crippen molar-refractivity contribution in [1.29, 1.82) is 0 Å². The zero-order valence-corrected chi connectivity index (χ0v) is 20.7. The molecular weight excluding hydrogens is 490 g/mol. The average Bonchev–Trinajstić information content (AvgIpc) is 2.97. The van der Waals surface area contributed by atoms with E-state index in [-0.39, 0.29) is 24.9 Å². The molecule has 3 aromatic rings. The zero-order chi connectivity index (χ0) is 26.9. The van der Waals surface area contributed by atoms with Gasteiger partial charge < -0.3 is 15.5 Å². The van der Waals surface area contributed by atoms with E-state index in [0.29, 0.717) is 17.8 Å². The molecule has 1 aliphatic heterocycles. The van der Waals surface area contributed by atoms with Gasteiger partial charge in [-0.25, -0.2) is 13.8 Å². The average molecular weight is 517 g/mol. The van der Waals surface area contributed by atoms with Crippen molar-refractivity contribution < 1.29 is 23.2 Å². The van der Waals surface area contributed by atoms with Gasteiger partial charge in [0.25, 0.3) is 5.91 Å². The van der Waals surface area contributed by atoms with Crippen LogP contribution in [0.15, 0.2) is 77.8 Å². The standard InChI is InChI=1S/C29H26F2N4O3/c1-35-23-11-6-5-10-22(23)24(19-8-3-2-4-9-19)33-25(26(35)36)34-28(38)29(12-7-13-29)27(37)32-17-18-14-20(30)16-21(31)15-18/h2-6,8-11,14-16,25H,7,12-13,17H2,1H3,(H,32,37)(H,34,38)/t25-/m1/s1. The SMILES string of the molecule is CN1C(=O)[C@@H](NC(=O)C2(C(=O)NCc3cc(F)cc(F)c3)CCC2)N=C(c2ccccc2)c2ccccc21. The Labute approximate surface area is 218 Å². The summed E-state index contributed by atoms with van der Waals surface area (Å²) in [4.78, 5) is 46.2. The van der Waals surface area contributed by atoms with Crippen molar-refractivity contribution in [2.45, 2.75) is 32.0 Å². The van der Waals surface area contributed by atoms with Crippen LogP contribution in [0.4, 0.5) is 14.5 Å². The van der Waals surface area contributed by atoms with Gasteiger partial charge in [-0.05, 0) is 36.6 Å². The molecule has 1 fully saturated rings. The Kier molecular flexibility index (Phi) is 6.75. The molecule has 3 amide bonds. The van der Waals surface area contributed by atoms with Gasteiger partial charge in [0.05, 0.1) is 11.4 Å². The number of rotatable bonds is 6. The van der Waals surface area contributed by atoms with Gasteiger partial charge in [0.2, 0.25) is 18.0 Å². The Morgan fingerprint density at radius 2 is 1.63 bits per heavy atom. The quantitative estimate of drug-likeness (QED) is 0.490. The maximum atomic E-state index is 13.5. The van der Waals surface area contributed by atoms with E-state index in [2.05, 4.69) is 15.6 Å². The van der Waals surface area contributed by atoms with Crippen molar-refractivity contribution in [1.82, 2.24) is 10.6 Å². The van der Waals surface area contributed by atoms with Gasteiger partial charge in [0.15, 0.2) is 0 Å². The monoisotopic (exact) mass is 516 g/mol. The minimum atomic E-state index is -1.40. The number of carbonyl (C=O) groups is 3. The van der Waals surface area contributed by atoms with Crippen molar-refractivity contribution in [3.8, 4) is 0 Å². The fraction of sp³-hybridized carbons (Fsp3) is 0.241. The Morgan fingerprint density at radius 3 is 2.29 bits per heavy atom. The molecule has 1 saturated carbocycles. The van der Waals surface area contributed by atoms with Crippen LogP contribution in [-0.4, -0.2) is 36.6 Å². The number of aliphatic imine (C=N–C) groups is 1. The van der Waals surface area contributed by atoms with Crippen LogP contribution >= 0.6 is 0 Å². The first-order valence-corrected chi connectivity index (χ1v) is 12.3. The number of amides is 3. The van der Waals surface area contributed by atoms with E-state index < -0.39 is 40.9 Å². The second-order valence-electron chi connectivity index (χ2n) is 9.53. The third kappa shape index (κ3) is 4.67. The Hall–Kier alpha value is -4.40. The van der Waals surface area contributed by atoms with Crippen LogP contribution in [-0.2, 0) is 20.9 Å². The number of nitrogens with one attached hydrogen (secondary N) is 2. The largest absolute Gasteiger partial charge is 0.351 e. The van der Waals surface area contributed by atoms with Gasteiger partial charge in [-0.1, -0.05) is 55.0 Å². The summed E-state index contributed by atoms with van der Waals surface area (Å²) in [7, 11) is 1.62. The first-order valence-electron chi connectivity index (χ1n) is 12.3. The molecule has 2 aliphatic rings. The number of halogens is 2. The van der Waals surface area contributed by atoms with Gasteiger partial charge >= 0.3 is 0 Å². The van der Waals surface area contributed by atoms with E-state index in [1.807, 2.05) is 54.6 Å². The zero-order valence-electron chi connectivity index (χ0n) is 20.7. The maximum Gasteiger partial charge on any atom is 0.272 e. The minimum absolute atomic E-state index is 0.140. The molecule has 1 heterocycles. The molecule has 3 aromatic carbocycles. The van der Waals surface area contributed by atoms with Crippen molar-refractivity contribution >= 4 is 29.1 Å². The highest BCUT2D eigenvalue weighted by atomic mass is 19.1. The molecule has 0 saturated heterocycles. The fourth-order valence-corrected chi connectivity index (χ4v) is 4.86. The molecule has 1 aliphatic carbocycles. The van der Waals surface area contributed by atoms with Crippen LogP contribution in [0.5, 0.6) is 0 Å². The van der Waals surface area contributed by atoms with Gasteiger partial charge in [-0.3, -0.25) is 14.4 Å². The van der Waals surface area contributed by atoms with Crippen molar-refractivity contribution in [3.63, 3.8) is 0 Å². The number of benzodiazepines with no additional fused rings is 1. The van der Waals surface area contributed by atoms with E-state index in [1.54, 1.807) is 7.05 Å². The van der Waals surface area contributed by atoms with Crippen LogP contribution in [0.3, 0.4) is 0 Å². The lowest BCUT2D eigenvalue weighted by Crippen LogP contribution is -2.58. The summed E-state index contributed by atoms with van der Waals surface area (Å²) in [6, 6.07) is 19.7. The summed E-state index contributed by atoms with van der Waals surface area (Å²) < 4.78 is 27.1. The van der Waals surface area contributed by atoms with E-state index in [1.165, 1.54) is 4.90 Å². The Bertz CT molecular complexity index is 1420. The number of likely N-dealkylation sites (N-methyl/N-ethyl adjacent to an activating group) is 1. The lowest BCUT2D eigenvalue weighted by molar-refractivity contribution is -0.151. The fourth-order valence-electron chi connectivity index (χ4n) is 4.86. The summed E-state index contributed by atoms with van der Waals surface area (Å²) in [5.41, 5.74) is 1.55. The van der Waals surface area contributed by atoms with Crippen molar-refractivity contribution in [3.05, 3.63) is 101 Å². The summed E-state index contributed by atoms with van der Waals surface area (Å²) in [5, 5.41) is 5.35. The summed E-state index contributed by atoms with van der Waals surface area (Å²) in [5.74, 6) is -3.12. The van der Waals surface area contributed by atoms with Crippen LogP contribution < -0.4 is 15.5 Å². The molecule has 38 heavy (non-hydrogen) atoms. The van der Waals surface area contributed by atoms with Gasteiger partial charge in [0.1, 0.15) is 17.0 Å². The Morgan fingerprint density at radius 1 is 0.974 bits per heavy atom. The predicted molar refractivity (Wildman–Crippen MR) is 138 cm³/mol. The normalized spacial score (nSPS) is 18.0. The second-order valence-corrected chi connectivity index (χ2v) is 9.53. The van der Waals surface area contributed by atoms with Crippen LogP contribution in [0.25, 0.3) is 0 Å². The van der Waals surface area contributed by atoms with E-state index in [4.69, 9.17) is 0 Å². The number of carbonyl (C=O) groups excluding carboxylic acids is 3. The highest BCUT2D eigenvalue weighted by molar-refractivity contribution is 6.20. The number of hydrogen-bond donors (Lipinski definition) is 2. The molecule has 2 N–H and O–H groups in total. The number of hydrogen-bond acceptors (Lipinski definition) is 4. The molecule has 0 bridgehead atoms. The first kappa shape index (κ1) is 25.3. The first-order chi connectivity index (χ1) is 18.3. The summed E-state index contributed by atoms with van der Waals surface area (Å²) in [6.45, 7) is -0.140. The van der Waals surface area contributed by atoms with Gasteiger partial charge in [-0.15, -0.1) is 0 Å². The number of para-hydroxylation sites is 1. The molecule has 5 rings (SSSR count). The predicted octanol–water partition coefficient (Wildman–Crippen LogP) is 3.71. The number of anilines is 1. The van der Waals surface area contributed by atoms with Crippen LogP contribution in [0.1, 0.15) is 36.0 Å². The highest BCUT2D eigenvalue weighted by Crippen LogP contribution is 2.42. The lowest BCUT2D eigenvalue weighted by atomic mass is 9.67. The van der Waals surface area contributed by atoms with E-state index >= 15 is 0 Å². The van der Waals surface area contributed by atoms with Gasteiger partial charge in [0, 0.05) is 30.8 Å². The molecular formula is C29H26F2N4O3. The smallest absolute Gasteiger partial charge is 0.272 e. The second kappa shape index (κ2) is 10.2. The molecule has 0 spiro atoms. The summed E-state index contributed by atoms with van der Waals surface area (Å²) in [6.07, 6.45) is -0.0292. The molecule has 9 heteroatoms. The van der Waals surface area contributed by atoms with Crippen molar-refractivity contribution in [2.24, 2.45) is 10.4 Å². The molecule has 194 valence electrons. The van der Waals surface area contributed by atoms with E-state index in [0.717, 1.165) is 29.3 Å². The Balaban J connectivity index is 1.41. The van der Waals surface area contributed by atoms with Crippen LogP contribution in [0, 0.1) is 17.0 Å². The third-order valence-electron chi connectivity index (χ3n) is 7.11. The minimum Gasteiger partial charge on any atom is -0.351 e. The molecule has 7 nitrogen and oxygen atoms in total. The highest BCUT2D eigenvalue weighted by Gasteiger charge is 2.51. The molecule has 0 aromatic heterocycles. The maximum absolute atomic E-state index is 13.5. The molecule has 0 radical (unpaired) electrons. The number of benzene rings is 3. The van der Waals surface area contributed by atoms with Crippen LogP contribution in [0.2, 0.25) is 0 Å². The topological polar surface area (TPSA) is 90.9 Å². The number of nitrogens with zero attached hydrogens (tertiary/aromatic N) is 2. The lowest BCUT2D eigenvalue weighted by Gasteiger charge is -2.39. The summed E-state index contributed by atoms with van der Waals surface area (Å²) >= 11 is 0.